The molecule has 1 fully saturated rings. The molecule has 6 rings (SSSR count). The fraction of sp³-hybridized carbons (Fsp3) is 0.310. The molecule has 0 saturated carbocycles. The van der Waals surface area contributed by atoms with Gasteiger partial charge in [0, 0.05) is 31.0 Å². The van der Waals surface area contributed by atoms with Gasteiger partial charge in [0.2, 0.25) is 0 Å². The van der Waals surface area contributed by atoms with E-state index in [1.165, 1.54) is 11.3 Å². The number of hydrogen-bond acceptors (Lipinski definition) is 5. The molecule has 3 aliphatic heterocycles. The molecule has 1 spiro atoms. The van der Waals surface area contributed by atoms with Gasteiger partial charge in [-0.15, -0.1) is 0 Å². The number of carbonyl (C=O) groups excluding carboxylic acids is 1. The van der Waals surface area contributed by atoms with Crippen LogP contribution in [0.5, 0.6) is 5.75 Å². The van der Waals surface area contributed by atoms with Crippen LogP contribution in [0.1, 0.15) is 18.1 Å². The average Bonchev–Trinajstić information content (AvgIpc) is 3.14. The number of piperazine rings is 1. The minimum atomic E-state index is -0.704. The maximum absolute atomic E-state index is 14.3. The maximum Gasteiger partial charge on any atom is 0.261 e. The number of anilines is 3. The molecule has 0 aliphatic carbocycles. The normalized spacial score (nSPS) is 23.3. The largest absolute Gasteiger partial charge is 0.497 e. The van der Waals surface area contributed by atoms with E-state index >= 15 is 0 Å². The predicted molar refractivity (Wildman–Crippen MR) is 141 cm³/mol. The van der Waals surface area contributed by atoms with Gasteiger partial charge in [-0.05, 0) is 68.3 Å². The molecule has 1 saturated heterocycles. The van der Waals surface area contributed by atoms with Crippen LogP contribution in [0.15, 0.2) is 77.9 Å². The van der Waals surface area contributed by atoms with Gasteiger partial charge in [0.15, 0.2) is 0 Å². The number of carbonyl (C=O) groups is 1. The van der Waals surface area contributed by atoms with Crippen LogP contribution >= 0.6 is 0 Å². The number of fused-ring (bicyclic) bond motifs is 4. The number of methoxy groups -OCH3 is 1. The summed E-state index contributed by atoms with van der Waals surface area (Å²) in [5.74, 6) is 0.915. The summed E-state index contributed by atoms with van der Waals surface area (Å²) in [6.07, 6.45) is 0.664. The van der Waals surface area contributed by atoms with Crippen molar-refractivity contribution < 1.29 is 9.53 Å². The minimum Gasteiger partial charge on any atom is -0.497 e. The van der Waals surface area contributed by atoms with Crippen molar-refractivity contribution in [2.45, 2.75) is 26.3 Å². The fourth-order valence-corrected chi connectivity index (χ4v) is 5.96. The smallest absolute Gasteiger partial charge is 0.261 e. The van der Waals surface area contributed by atoms with E-state index in [0.717, 1.165) is 48.0 Å². The number of hydrogen-bond donors (Lipinski definition) is 0. The lowest BCUT2D eigenvalue weighted by Gasteiger charge is -2.53. The van der Waals surface area contributed by atoms with Crippen LogP contribution in [0.25, 0.3) is 0 Å². The third-order valence-corrected chi connectivity index (χ3v) is 7.91. The number of rotatable bonds is 3. The van der Waals surface area contributed by atoms with E-state index in [9.17, 15) is 4.79 Å². The lowest BCUT2D eigenvalue weighted by molar-refractivity contribution is -0.125. The molecule has 2 atom stereocenters. The molecule has 6 heteroatoms. The first-order chi connectivity index (χ1) is 17.0. The van der Waals surface area contributed by atoms with Crippen LogP contribution in [0, 0.1) is 12.3 Å². The first-order valence-electron chi connectivity index (χ1n) is 12.2. The Balaban J connectivity index is 1.42. The van der Waals surface area contributed by atoms with E-state index in [0.29, 0.717) is 6.42 Å². The van der Waals surface area contributed by atoms with Crippen LogP contribution < -0.4 is 19.5 Å². The molecule has 0 bridgehead atoms. The minimum absolute atomic E-state index is 0.0139. The molecule has 3 heterocycles. The zero-order chi connectivity index (χ0) is 24.2. The Morgan fingerprint density at radius 1 is 0.914 bits per heavy atom. The van der Waals surface area contributed by atoms with Crippen molar-refractivity contribution in [2.24, 2.45) is 10.5 Å². The molecule has 3 aromatic carbocycles. The summed E-state index contributed by atoms with van der Waals surface area (Å²) in [6, 6.07) is 24.8. The van der Waals surface area contributed by atoms with Crippen LogP contribution in [-0.2, 0) is 11.2 Å². The Labute approximate surface area is 206 Å². The van der Waals surface area contributed by atoms with E-state index < -0.39 is 5.41 Å². The van der Waals surface area contributed by atoms with E-state index in [1.807, 2.05) is 43.3 Å². The van der Waals surface area contributed by atoms with Gasteiger partial charge in [-0.3, -0.25) is 4.79 Å². The number of aryl methyl sites for hydroxylation is 1. The number of amides is 1. The molecular weight excluding hydrogens is 436 g/mol. The fourth-order valence-electron chi connectivity index (χ4n) is 5.96. The highest BCUT2D eigenvalue weighted by Crippen LogP contribution is 2.48. The van der Waals surface area contributed by atoms with Gasteiger partial charge in [-0.25, -0.2) is 0 Å². The standard InChI is InChI=1S/C29H30N4O2/c1-20-8-10-24(11-9-20)33-28(34)29(21(2)30-33)18-22-6-4-5-7-26(22)32-17-16-31(19-27(29)32)23-12-14-25(35-3)15-13-23/h4-15,27H,16-19H2,1-3H3/t27-,29-/m0/s1. The maximum atomic E-state index is 14.3. The van der Waals surface area contributed by atoms with Crippen LogP contribution in [-0.4, -0.2) is 44.4 Å². The molecule has 0 unspecified atom stereocenters. The topological polar surface area (TPSA) is 48.4 Å². The van der Waals surface area contributed by atoms with Crippen molar-refractivity contribution in [3.8, 4) is 5.75 Å². The summed E-state index contributed by atoms with van der Waals surface area (Å²) >= 11 is 0. The highest BCUT2D eigenvalue weighted by atomic mass is 16.5. The summed E-state index contributed by atoms with van der Waals surface area (Å²) < 4.78 is 5.35. The summed E-state index contributed by atoms with van der Waals surface area (Å²) in [4.78, 5) is 19.2. The van der Waals surface area contributed by atoms with Crippen molar-refractivity contribution in [1.29, 1.82) is 0 Å². The molecule has 0 N–H and O–H groups in total. The second-order valence-corrected chi connectivity index (χ2v) is 9.77. The monoisotopic (exact) mass is 466 g/mol. The van der Waals surface area contributed by atoms with Crippen LogP contribution in [0.2, 0.25) is 0 Å². The zero-order valence-electron chi connectivity index (χ0n) is 20.4. The van der Waals surface area contributed by atoms with E-state index in [-0.39, 0.29) is 11.9 Å². The number of ether oxygens (including phenoxy) is 1. The van der Waals surface area contributed by atoms with Crippen molar-refractivity contribution in [2.75, 3.05) is 41.6 Å². The first kappa shape index (κ1) is 21.7. The Morgan fingerprint density at radius 3 is 2.37 bits per heavy atom. The van der Waals surface area contributed by atoms with Crippen molar-refractivity contribution >= 4 is 28.7 Å². The molecule has 3 aliphatic rings. The molecule has 0 aromatic heterocycles. The number of hydrazone groups is 1. The van der Waals surface area contributed by atoms with Crippen LogP contribution in [0.3, 0.4) is 0 Å². The lowest BCUT2D eigenvalue weighted by Crippen LogP contribution is -2.67. The Kier molecular flexibility index (Phi) is 5.06. The predicted octanol–water partition coefficient (Wildman–Crippen LogP) is 4.66. The van der Waals surface area contributed by atoms with Gasteiger partial charge in [-0.1, -0.05) is 35.9 Å². The summed E-state index contributed by atoms with van der Waals surface area (Å²) in [5.41, 5.74) is 5.78. The third-order valence-electron chi connectivity index (χ3n) is 7.91. The van der Waals surface area contributed by atoms with Crippen molar-refractivity contribution in [3.05, 3.63) is 83.9 Å². The SMILES string of the molecule is COc1ccc(N2CCN3c4ccccc4C[C@@]4(C(=O)N(c5ccc(C)cc5)N=C4C)[C@@H]3C2)cc1. The van der Waals surface area contributed by atoms with Crippen LogP contribution in [0.4, 0.5) is 17.1 Å². The average molecular weight is 467 g/mol. The third kappa shape index (κ3) is 3.31. The van der Waals surface area contributed by atoms with Gasteiger partial charge < -0.3 is 14.5 Å². The van der Waals surface area contributed by atoms with E-state index in [4.69, 9.17) is 9.84 Å². The molecule has 178 valence electrons. The van der Waals surface area contributed by atoms with Gasteiger partial charge >= 0.3 is 0 Å². The molecule has 1 amide bonds. The Bertz CT molecular complexity index is 1300. The quantitative estimate of drug-likeness (QED) is 0.563. The Hall–Kier alpha value is -3.80. The Morgan fingerprint density at radius 2 is 1.63 bits per heavy atom. The summed E-state index contributed by atoms with van der Waals surface area (Å²) in [7, 11) is 1.69. The van der Waals surface area contributed by atoms with Gasteiger partial charge in [-0.2, -0.15) is 10.1 Å². The molecular formula is C29H30N4O2. The van der Waals surface area contributed by atoms with Crippen molar-refractivity contribution in [1.82, 2.24) is 0 Å². The summed E-state index contributed by atoms with van der Waals surface area (Å²) in [5, 5.41) is 6.50. The zero-order valence-corrected chi connectivity index (χ0v) is 20.4. The summed E-state index contributed by atoms with van der Waals surface area (Å²) in [6.45, 7) is 6.57. The van der Waals surface area contributed by atoms with Crippen molar-refractivity contribution in [3.63, 3.8) is 0 Å². The first-order valence-corrected chi connectivity index (χ1v) is 12.2. The van der Waals surface area contributed by atoms with Gasteiger partial charge in [0.05, 0.1) is 24.6 Å². The van der Waals surface area contributed by atoms with E-state index in [2.05, 4.69) is 53.1 Å². The molecule has 6 nitrogen and oxygen atoms in total. The molecule has 35 heavy (non-hydrogen) atoms. The highest BCUT2D eigenvalue weighted by molar-refractivity contribution is 6.20. The molecule has 3 aromatic rings. The number of benzene rings is 3. The van der Waals surface area contributed by atoms with Gasteiger partial charge in [0.1, 0.15) is 11.2 Å². The lowest BCUT2D eigenvalue weighted by atomic mass is 9.67. The number of nitrogens with zero attached hydrogens (tertiary/aromatic N) is 4. The second kappa shape index (κ2) is 8.15. The van der Waals surface area contributed by atoms with Gasteiger partial charge in [0.25, 0.3) is 5.91 Å². The second-order valence-electron chi connectivity index (χ2n) is 9.77. The molecule has 0 radical (unpaired) electrons. The number of para-hydroxylation sites is 1. The van der Waals surface area contributed by atoms with E-state index in [1.54, 1.807) is 12.1 Å². The highest BCUT2D eigenvalue weighted by Gasteiger charge is 2.59.